The van der Waals surface area contributed by atoms with Crippen molar-refractivity contribution in [3.8, 4) is 17.6 Å². The fourth-order valence-electron chi connectivity index (χ4n) is 3.51. The van der Waals surface area contributed by atoms with Crippen molar-refractivity contribution in [2.75, 3.05) is 37.6 Å². The predicted molar refractivity (Wildman–Crippen MR) is 114 cm³/mol. The van der Waals surface area contributed by atoms with Gasteiger partial charge in [-0.1, -0.05) is 17.7 Å². The molecule has 8 nitrogen and oxygen atoms in total. The highest BCUT2D eigenvalue weighted by molar-refractivity contribution is 6.34. The highest BCUT2D eigenvalue weighted by Gasteiger charge is 2.20. The van der Waals surface area contributed by atoms with Gasteiger partial charge in [-0.3, -0.25) is 9.69 Å². The summed E-state index contributed by atoms with van der Waals surface area (Å²) < 4.78 is 0. The second-order valence-electron chi connectivity index (χ2n) is 7.06. The van der Waals surface area contributed by atoms with Crippen molar-refractivity contribution in [1.82, 2.24) is 4.90 Å². The number of piperazine rings is 1. The number of rotatable bonds is 7. The highest BCUT2D eigenvalue weighted by atomic mass is 35.5. The zero-order chi connectivity index (χ0) is 21.7. The Morgan fingerprint density at radius 2 is 1.93 bits per heavy atom. The Hall–Kier alpha value is -3.15. The third-order valence-corrected chi connectivity index (χ3v) is 5.57. The van der Waals surface area contributed by atoms with Crippen molar-refractivity contribution in [2.24, 2.45) is 5.18 Å². The summed E-state index contributed by atoms with van der Waals surface area (Å²) in [6, 6.07) is 9.45. The second kappa shape index (κ2) is 9.57. The van der Waals surface area contributed by atoms with Gasteiger partial charge < -0.3 is 15.1 Å². The number of benzene rings is 2. The summed E-state index contributed by atoms with van der Waals surface area (Å²) >= 11 is 6.19. The number of nitroso groups, excluding NO2 is 1. The molecule has 0 aliphatic carbocycles. The number of carbonyl (C=O) groups is 1. The van der Waals surface area contributed by atoms with Crippen molar-refractivity contribution < 1.29 is 15.0 Å². The lowest BCUT2D eigenvalue weighted by atomic mass is 10.0. The molecular weight excluding hydrogens is 408 g/mol. The lowest BCUT2D eigenvalue weighted by Gasteiger charge is -2.36. The Labute approximate surface area is 178 Å². The number of aromatic hydroxyl groups is 2. The van der Waals surface area contributed by atoms with Crippen LogP contribution < -0.4 is 4.90 Å². The van der Waals surface area contributed by atoms with E-state index in [4.69, 9.17) is 16.9 Å². The molecule has 156 valence electrons. The zero-order valence-corrected chi connectivity index (χ0v) is 17.0. The minimum atomic E-state index is -0.506. The molecule has 0 bridgehead atoms. The normalized spacial score (nSPS) is 14.3. The molecule has 0 amide bonds. The van der Waals surface area contributed by atoms with Crippen LogP contribution in [0.15, 0.2) is 35.5 Å². The number of anilines is 1. The molecule has 0 saturated carbocycles. The Balaban J connectivity index is 1.51. The Morgan fingerprint density at radius 3 is 2.60 bits per heavy atom. The number of Topliss-reactive ketones (excluding diaryl/α,β-unsaturated/α-hetero) is 1. The molecule has 2 aromatic carbocycles. The first-order valence-electron chi connectivity index (χ1n) is 9.53. The van der Waals surface area contributed by atoms with Crippen LogP contribution in [0.2, 0.25) is 5.02 Å². The Bertz CT molecular complexity index is 997. The minimum Gasteiger partial charge on any atom is -0.506 e. The molecule has 9 heteroatoms. The lowest BCUT2D eigenvalue weighted by molar-refractivity contribution is 0.0974. The molecule has 1 aliphatic rings. The van der Waals surface area contributed by atoms with Gasteiger partial charge >= 0.3 is 0 Å². The first-order chi connectivity index (χ1) is 14.4. The van der Waals surface area contributed by atoms with Crippen LogP contribution in [0.25, 0.3) is 0 Å². The van der Waals surface area contributed by atoms with Gasteiger partial charge in [-0.15, -0.1) is 4.91 Å². The molecule has 1 fully saturated rings. The van der Waals surface area contributed by atoms with Crippen LogP contribution >= 0.6 is 11.6 Å². The fourth-order valence-corrected chi connectivity index (χ4v) is 3.75. The summed E-state index contributed by atoms with van der Waals surface area (Å²) in [4.78, 5) is 27.6. The Morgan fingerprint density at radius 1 is 1.20 bits per heavy atom. The van der Waals surface area contributed by atoms with Crippen LogP contribution in [-0.4, -0.2) is 53.6 Å². The summed E-state index contributed by atoms with van der Waals surface area (Å²) in [5, 5.41) is 31.5. The van der Waals surface area contributed by atoms with E-state index in [-0.39, 0.29) is 34.8 Å². The first kappa shape index (κ1) is 21.6. The van der Waals surface area contributed by atoms with Crippen LogP contribution in [0.3, 0.4) is 0 Å². The number of ketones is 1. The molecule has 1 heterocycles. The summed E-state index contributed by atoms with van der Waals surface area (Å²) in [5.74, 6) is -0.646. The van der Waals surface area contributed by atoms with Crippen LogP contribution in [0.1, 0.15) is 28.8 Å². The van der Waals surface area contributed by atoms with Crippen LogP contribution in [0, 0.1) is 16.2 Å². The van der Waals surface area contributed by atoms with E-state index in [2.05, 4.69) is 15.0 Å². The van der Waals surface area contributed by atoms with Gasteiger partial charge in [-0.05, 0) is 42.4 Å². The number of halogens is 1. The SMILES string of the molecule is N#Cc1cc(C(=O)CCCN2CCN(c3cccc(O)c3Cl)CC2)cc(N=O)c1O. The van der Waals surface area contributed by atoms with Crippen molar-refractivity contribution in [3.63, 3.8) is 0 Å². The zero-order valence-electron chi connectivity index (χ0n) is 16.2. The van der Waals surface area contributed by atoms with Gasteiger partial charge in [0, 0.05) is 38.2 Å². The van der Waals surface area contributed by atoms with Crippen molar-refractivity contribution >= 4 is 28.8 Å². The van der Waals surface area contributed by atoms with E-state index in [0.717, 1.165) is 38.4 Å². The number of nitrogens with zero attached hydrogens (tertiary/aromatic N) is 4. The summed E-state index contributed by atoms with van der Waals surface area (Å²) in [7, 11) is 0. The topological polar surface area (TPSA) is 117 Å². The summed E-state index contributed by atoms with van der Waals surface area (Å²) in [6.07, 6.45) is 0.880. The number of hydrogen-bond donors (Lipinski definition) is 2. The molecular formula is C21H21ClN4O4. The number of phenols is 2. The molecule has 2 N–H and O–H groups in total. The largest absolute Gasteiger partial charge is 0.506 e. The van der Waals surface area contributed by atoms with Crippen molar-refractivity contribution in [1.29, 1.82) is 5.26 Å². The van der Waals surface area contributed by atoms with E-state index >= 15 is 0 Å². The van der Waals surface area contributed by atoms with E-state index in [1.54, 1.807) is 18.2 Å². The van der Waals surface area contributed by atoms with Gasteiger partial charge in [0.2, 0.25) is 0 Å². The van der Waals surface area contributed by atoms with E-state index < -0.39 is 5.75 Å². The van der Waals surface area contributed by atoms with Gasteiger partial charge in [0.1, 0.15) is 16.8 Å². The van der Waals surface area contributed by atoms with E-state index in [9.17, 15) is 19.9 Å². The first-order valence-corrected chi connectivity index (χ1v) is 9.91. The summed E-state index contributed by atoms with van der Waals surface area (Å²) in [5.41, 5.74) is 0.560. The second-order valence-corrected chi connectivity index (χ2v) is 7.44. The predicted octanol–water partition coefficient (Wildman–Crippen LogP) is 3.81. The molecule has 0 unspecified atom stereocenters. The van der Waals surface area contributed by atoms with Crippen LogP contribution in [-0.2, 0) is 0 Å². The van der Waals surface area contributed by atoms with Gasteiger partial charge in [0.05, 0.1) is 11.3 Å². The number of carbonyl (C=O) groups excluding carboxylic acids is 1. The highest BCUT2D eigenvalue weighted by Crippen LogP contribution is 2.34. The Kier molecular flexibility index (Phi) is 6.87. The van der Waals surface area contributed by atoms with Crippen molar-refractivity contribution in [2.45, 2.75) is 12.8 Å². The van der Waals surface area contributed by atoms with Crippen LogP contribution in [0.4, 0.5) is 11.4 Å². The third-order valence-electron chi connectivity index (χ3n) is 5.18. The minimum absolute atomic E-state index is 0.0665. The molecule has 0 spiro atoms. The molecule has 2 aromatic rings. The van der Waals surface area contributed by atoms with Crippen molar-refractivity contribution in [3.05, 3.63) is 51.4 Å². The summed E-state index contributed by atoms with van der Waals surface area (Å²) in [6.45, 7) is 3.85. The standard InChI is InChI=1S/C21H21ClN4O4/c22-20-17(3-1-4-19(20)28)26-9-7-25(8-10-26)6-2-5-18(27)14-11-15(13-23)21(29)16(12-14)24-30/h1,3-4,11-12,28-29H,2,5-10H2. The number of hydrogen-bond acceptors (Lipinski definition) is 8. The molecule has 1 aliphatic heterocycles. The maximum Gasteiger partial charge on any atom is 0.163 e. The maximum absolute atomic E-state index is 12.4. The fraction of sp³-hybridized carbons (Fsp3) is 0.333. The lowest BCUT2D eigenvalue weighted by Crippen LogP contribution is -2.46. The van der Waals surface area contributed by atoms with E-state index in [1.165, 1.54) is 12.1 Å². The maximum atomic E-state index is 12.4. The van der Waals surface area contributed by atoms with E-state index in [1.807, 2.05) is 6.07 Å². The van der Waals surface area contributed by atoms with Gasteiger partial charge in [0.25, 0.3) is 0 Å². The average molecular weight is 429 g/mol. The third kappa shape index (κ3) is 4.70. The monoisotopic (exact) mass is 428 g/mol. The molecule has 30 heavy (non-hydrogen) atoms. The van der Waals surface area contributed by atoms with E-state index in [0.29, 0.717) is 11.4 Å². The van der Waals surface area contributed by atoms with Gasteiger partial charge in [-0.25, -0.2) is 0 Å². The smallest absolute Gasteiger partial charge is 0.163 e. The quantitative estimate of drug-likeness (QED) is 0.508. The molecule has 0 aromatic heterocycles. The number of nitriles is 1. The average Bonchev–Trinajstić information content (AvgIpc) is 2.76. The van der Waals surface area contributed by atoms with Gasteiger partial charge in [-0.2, -0.15) is 5.26 Å². The molecule has 3 rings (SSSR count). The molecule has 1 saturated heterocycles. The molecule has 0 atom stereocenters. The van der Waals surface area contributed by atoms with Gasteiger partial charge in [0.15, 0.2) is 17.2 Å². The molecule has 0 radical (unpaired) electrons. The number of phenolic OH excluding ortho intramolecular Hbond substituents is 2. The van der Waals surface area contributed by atoms with Crippen LogP contribution in [0.5, 0.6) is 11.5 Å².